The third-order valence-electron chi connectivity index (χ3n) is 4.30. The minimum absolute atomic E-state index is 0.193. The van der Waals surface area contributed by atoms with Crippen LogP contribution in [0, 0.1) is 0 Å². The number of carbonyl (C=O) groups is 1. The van der Waals surface area contributed by atoms with Gasteiger partial charge >= 0.3 is 0 Å². The van der Waals surface area contributed by atoms with Gasteiger partial charge in [-0.2, -0.15) is 0 Å². The number of fused-ring (bicyclic) bond motifs is 1. The fourth-order valence-corrected chi connectivity index (χ4v) is 2.97. The second-order valence-corrected chi connectivity index (χ2v) is 6.08. The van der Waals surface area contributed by atoms with Crippen LogP contribution in [-0.2, 0) is 0 Å². The van der Waals surface area contributed by atoms with Crippen molar-refractivity contribution in [2.75, 3.05) is 25.2 Å². The topological polar surface area (TPSA) is 48.0 Å². The molecule has 0 fully saturated rings. The summed E-state index contributed by atoms with van der Waals surface area (Å²) in [6.07, 6.45) is 0. The Balaban J connectivity index is 1.66. The van der Waals surface area contributed by atoms with Crippen molar-refractivity contribution in [1.82, 2.24) is 0 Å². The molecule has 3 aromatic rings. The molecule has 1 aliphatic heterocycles. The Hall–Kier alpha value is -3.47. The fraction of sp³-hybridized carbons (Fsp3) is 0.136. The van der Waals surface area contributed by atoms with Crippen LogP contribution in [0.4, 0.5) is 5.69 Å². The van der Waals surface area contributed by atoms with E-state index in [9.17, 15) is 4.79 Å². The Morgan fingerprint density at radius 3 is 2.48 bits per heavy atom. The summed E-state index contributed by atoms with van der Waals surface area (Å²) < 4.78 is 17.2. The average molecular weight is 361 g/mol. The van der Waals surface area contributed by atoms with Gasteiger partial charge < -0.3 is 19.1 Å². The zero-order valence-corrected chi connectivity index (χ0v) is 14.9. The summed E-state index contributed by atoms with van der Waals surface area (Å²) in [6.45, 7) is 0.906. The summed E-state index contributed by atoms with van der Waals surface area (Å²) in [5, 5.41) is 0. The van der Waals surface area contributed by atoms with Gasteiger partial charge in [0, 0.05) is 7.05 Å². The molecule has 4 rings (SSSR count). The van der Waals surface area contributed by atoms with E-state index in [0.717, 1.165) is 0 Å². The van der Waals surface area contributed by atoms with Gasteiger partial charge in [0.05, 0.1) is 11.3 Å². The lowest BCUT2D eigenvalue weighted by molar-refractivity contribution is 0.0981. The van der Waals surface area contributed by atoms with Gasteiger partial charge in [-0.05, 0) is 36.4 Å². The molecule has 0 radical (unpaired) electrons. The quantitative estimate of drug-likeness (QED) is 0.685. The van der Waals surface area contributed by atoms with Gasteiger partial charge in [-0.3, -0.25) is 4.79 Å². The van der Waals surface area contributed by atoms with E-state index in [1.165, 1.54) is 0 Å². The van der Waals surface area contributed by atoms with E-state index in [0.29, 0.717) is 47.5 Å². The first kappa shape index (κ1) is 17.0. The predicted molar refractivity (Wildman–Crippen MR) is 103 cm³/mol. The molecule has 1 heterocycles. The van der Waals surface area contributed by atoms with Crippen LogP contribution < -0.4 is 19.1 Å². The van der Waals surface area contributed by atoms with Crippen LogP contribution in [0.25, 0.3) is 0 Å². The first-order chi connectivity index (χ1) is 13.2. The Morgan fingerprint density at radius 1 is 0.889 bits per heavy atom. The summed E-state index contributed by atoms with van der Waals surface area (Å²) in [6, 6.07) is 22.3. The molecule has 1 aliphatic rings. The van der Waals surface area contributed by atoms with Crippen LogP contribution in [0.3, 0.4) is 0 Å². The molecular formula is C22H19NO4. The van der Waals surface area contributed by atoms with Gasteiger partial charge in [0.15, 0.2) is 17.2 Å². The molecule has 0 saturated carbocycles. The molecule has 0 N–H and O–H groups in total. The Kier molecular flexibility index (Phi) is 4.66. The van der Waals surface area contributed by atoms with Crippen molar-refractivity contribution in [1.29, 1.82) is 0 Å². The molecule has 0 bridgehead atoms. The molecule has 0 atom stereocenters. The summed E-state index contributed by atoms with van der Waals surface area (Å²) in [4.78, 5) is 14.7. The lowest BCUT2D eigenvalue weighted by atomic mass is 10.1. The number of carbonyl (C=O) groups excluding carboxylic acids is 1. The second kappa shape index (κ2) is 7.41. The van der Waals surface area contributed by atoms with E-state index in [-0.39, 0.29) is 5.91 Å². The lowest BCUT2D eigenvalue weighted by Crippen LogP contribution is -2.28. The molecule has 3 aromatic carbocycles. The first-order valence-electron chi connectivity index (χ1n) is 8.72. The predicted octanol–water partition coefficient (Wildman–Crippen LogP) is 4.53. The number of ether oxygens (including phenoxy) is 3. The van der Waals surface area contributed by atoms with E-state index in [2.05, 4.69) is 0 Å². The number of hydrogen-bond acceptors (Lipinski definition) is 4. The van der Waals surface area contributed by atoms with Crippen LogP contribution in [0.5, 0.6) is 23.0 Å². The maximum absolute atomic E-state index is 13.2. The van der Waals surface area contributed by atoms with Crippen LogP contribution in [-0.4, -0.2) is 26.2 Å². The number of hydrogen-bond donors (Lipinski definition) is 0. The van der Waals surface area contributed by atoms with Gasteiger partial charge in [0.1, 0.15) is 19.0 Å². The van der Waals surface area contributed by atoms with Crippen molar-refractivity contribution >= 4 is 11.6 Å². The zero-order valence-electron chi connectivity index (χ0n) is 14.9. The van der Waals surface area contributed by atoms with E-state index >= 15 is 0 Å². The monoisotopic (exact) mass is 361 g/mol. The van der Waals surface area contributed by atoms with Crippen molar-refractivity contribution < 1.29 is 19.0 Å². The highest BCUT2D eigenvalue weighted by atomic mass is 16.6. The summed E-state index contributed by atoms with van der Waals surface area (Å²) in [5.41, 5.74) is 1.13. The standard InChI is InChI=1S/C22H19NO4/c1-23(22(24)17-10-7-13-20-21(17)26-15-14-25-20)18-11-5-6-12-19(18)27-16-8-3-2-4-9-16/h2-13H,14-15H2,1H3. The molecule has 0 saturated heterocycles. The van der Waals surface area contributed by atoms with Crippen molar-refractivity contribution in [3.63, 3.8) is 0 Å². The minimum atomic E-state index is -0.193. The Morgan fingerprint density at radius 2 is 1.63 bits per heavy atom. The summed E-state index contributed by atoms with van der Waals surface area (Å²) in [7, 11) is 1.72. The normalized spacial score (nSPS) is 12.3. The van der Waals surface area contributed by atoms with Gasteiger partial charge in [0.2, 0.25) is 0 Å². The van der Waals surface area contributed by atoms with Gasteiger partial charge in [-0.15, -0.1) is 0 Å². The summed E-state index contributed by atoms with van der Waals surface area (Å²) in [5.74, 6) is 2.19. The largest absolute Gasteiger partial charge is 0.486 e. The average Bonchev–Trinajstić information content (AvgIpc) is 2.73. The van der Waals surface area contributed by atoms with E-state index in [1.54, 1.807) is 30.1 Å². The molecule has 0 aliphatic carbocycles. The molecule has 0 spiro atoms. The molecule has 27 heavy (non-hydrogen) atoms. The van der Waals surface area contributed by atoms with Gasteiger partial charge in [-0.1, -0.05) is 36.4 Å². The number of benzene rings is 3. The molecule has 1 amide bonds. The third-order valence-corrected chi connectivity index (χ3v) is 4.30. The highest BCUT2D eigenvalue weighted by Gasteiger charge is 2.24. The maximum atomic E-state index is 13.2. The van der Waals surface area contributed by atoms with E-state index in [1.807, 2.05) is 54.6 Å². The van der Waals surface area contributed by atoms with E-state index < -0.39 is 0 Å². The van der Waals surface area contributed by atoms with Crippen molar-refractivity contribution in [3.8, 4) is 23.0 Å². The second-order valence-electron chi connectivity index (χ2n) is 6.08. The van der Waals surface area contributed by atoms with Crippen LogP contribution in [0.15, 0.2) is 72.8 Å². The van der Waals surface area contributed by atoms with Crippen molar-refractivity contribution in [2.45, 2.75) is 0 Å². The number of nitrogens with zero attached hydrogens (tertiary/aromatic N) is 1. The van der Waals surface area contributed by atoms with Gasteiger partial charge in [0.25, 0.3) is 5.91 Å². The fourth-order valence-electron chi connectivity index (χ4n) is 2.97. The highest BCUT2D eigenvalue weighted by molar-refractivity contribution is 6.08. The molecule has 5 heteroatoms. The first-order valence-corrected chi connectivity index (χ1v) is 8.72. The van der Waals surface area contributed by atoms with Gasteiger partial charge in [-0.25, -0.2) is 0 Å². The summed E-state index contributed by atoms with van der Waals surface area (Å²) >= 11 is 0. The minimum Gasteiger partial charge on any atom is -0.486 e. The molecule has 0 unspecified atom stereocenters. The lowest BCUT2D eigenvalue weighted by Gasteiger charge is -2.24. The van der Waals surface area contributed by atoms with Crippen LogP contribution >= 0.6 is 0 Å². The highest BCUT2D eigenvalue weighted by Crippen LogP contribution is 2.37. The Labute approximate surface area is 157 Å². The maximum Gasteiger partial charge on any atom is 0.262 e. The number of para-hydroxylation sites is 4. The van der Waals surface area contributed by atoms with E-state index in [4.69, 9.17) is 14.2 Å². The number of rotatable bonds is 4. The van der Waals surface area contributed by atoms with Crippen molar-refractivity contribution in [3.05, 3.63) is 78.4 Å². The number of anilines is 1. The third kappa shape index (κ3) is 3.44. The molecular weight excluding hydrogens is 342 g/mol. The Bertz CT molecular complexity index is 956. The molecule has 136 valence electrons. The van der Waals surface area contributed by atoms with Crippen LogP contribution in [0.1, 0.15) is 10.4 Å². The van der Waals surface area contributed by atoms with Crippen molar-refractivity contribution in [2.24, 2.45) is 0 Å². The zero-order chi connectivity index (χ0) is 18.6. The molecule has 5 nitrogen and oxygen atoms in total. The van der Waals surface area contributed by atoms with Crippen LogP contribution in [0.2, 0.25) is 0 Å². The molecule has 0 aromatic heterocycles. The SMILES string of the molecule is CN(C(=O)c1cccc2c1OCCO2)c1ccccc1Oc1ccccc1. The number of amides is 1. The smallest absolute Gasteiger partial charge is 0.262 e.